The fourth-order valence-electron chi connectivity index (χ4n) is 2.60. The molecule has 1 aromatic heterocycles. The Kier molecular flexibility index (Phi) is 4.45. The van der Waals surface area contributed by atoms with Gasteiger partial charge in [0.15, 0.2) is 0 Å². The molecule has 0 radical (unpaired) electrons. The fourth-order valence-corrected chi connectivity index (χ4v) is 4.01. The maximum absolute atomic E-state index is 13.8. The van der Waals surface area contributed by atoms with Crippen molar-refractivity contribution in [2.24, 2.45) is 0 Å². The third kappa shape index (κ3) is 3.01. The van der Waals surface area contributed by atoms with E-state index in [4.69, 9.17) is 11.6 Å². The number of fused-ring (bicyclic) bond motifs is 1. The second kappa shape index (κ2) is 6.34. The summed E-state index contributed by atoms with van der Waals surface area (Å²) < 4.78 is 13.8. The number of aromatic nitrogens is 1. The molecule has 0 spiro atoms. The van der Waals surface area contributed by atoms with E-state index in [0.717, 1.165) is 23.5 Å². The molecule has 0 aliphatic heterocycles. The number of amides is 1. The van der Waals surface area contributed by atoms with E-state index in [1.54, 1.807) is 11.3 Å². The van der Waals surface area contributed by atoms with Gasteiger partial charge in [0.05, 0.1) is 22.3 Å². The number of benzene rings is 1. The molecule has 1 atom stereocenters. The summed E-state index contributed by atoms with van der Waals surface area (Å²) >= 11 is 7.56. The highest BCUT2D eigenvalue weighted by Crippen LogP contribution is 2.30. The van der Waals surface area contributed by atoms with Gasteiger partial charge in [0.25, 0.3) is 5.91 Å². The average molecular weight is 339 g/mol. The van der Waals surface area contributed by atoms with Gasteiger partial charge in [-0.2, -0.15) is 0 Å². The number of aryl methyl sites for hydroxylation is 2. The smallest absolute Gasteiger partial charge is 0.256 e. The first-order valence-electron chi connectivity index (χ1n) is 7.29. The lowest BCUT2D eigenvalue weighted by atomic mass is 10.0. The molecule has 1 aliphatic carbocycles. The summed E-state index contributed by atoms with van der Waals surface area (Å²) in [6.45, 7) is 1.86. The Balaban J connectivity index is 1.77. The van der Waals surface area contributed by atoms with Gasteiger partial charge in [0.2, 0.25) is 0 Å². The van der Waals surface area contributed by atoms with Crippen LogP contribution in [-0.2, 0) is 12.8 Å². The third-order valence-corrected chi connectivity index (χ3v) is 5.43. The van der Waals surface area contributed by atoms with E-state index in [0.29, 0.717) is 0 Å². The first kappa shape index (κ1) is 15.4. The van der Waals surface area contributed by atoms with Crippen LogP contribution in [0.2, 0.25) is 5.02 Å². The van der Waals surface area contributed by atoms with Crippen LogP contribution in [0.3, 0.4) is 0 Å². The number of thiazole rings is 1. The lowest BCUT2D eigenvalue weighted by molar-refractivity contribution is 0.0936. The highest BCUT2D eigenvalue weighted by molar-refractivity contribution is 7.11. The Labute approximate surface area is 137 Å². The fraction of sp³-hybridized carbons (Fsp3) is 0.375. The van der Waals surface area contributed by atoms with E-state index < -0.39 is 11.7 Å². The lowest BCUT2D eigenvalue weighted by Crippen LogP contribution is -2.27. The van der Waals surface area contributed by atoms with Gasteiger partial charge in [-0.3, -0.25) is 4.79 Å². The molecular weight excluding hydrogens is 323 g/mol. The van der Waals surface area contributed by atoms with Crippen LogP contribution < -0.4 is 5.32 Å². The molecule has 1 aromatic carbocycles. The first-order valence-corrected chi connectivity index (χ1v) is 8.49. The Hall–Kier alpha value is -1.46. The Morgan fingerprint density at radius 2 is 2.18 bits per heavy atom. The van der Waals surface area contributed by atoms with Crippen LogP contribution in [0.25, 0.3) is 0 Å². The van der Waals surface area contributed by atoms with E-state index in [2.05, 4.69) is 10.3 Å². The van der Waals surface area contributed by atoms with Gasteiger partial charge in [-0.15, -0.1) is 11.3 Å². The Morgan fingerprint density at radius 1 is 1.41 bits per heavy atom. The average Bonchev–Trinajstić information content (AvgIpc) is 2.91. The minimum Gasteiger partial charge on any atom is -0.343 e. The van der Waals surface area contributed by atoms with Crippen LogP contribution in [-0.4, -0.2) is 10.9 Å². The lowest BCUT2D eigenvalue weighted by Gasteiger charge is -2.12. The number of carbonyl (C=O) groups is 1. The van der Waals surface area contributed by atoms with Gasteiger partial charge in [-0.05, 0) is 44.7 Å². The topological polar surface area (TPSA) is 42.0 Å². The first-order chi connectivity index (χ1) is 10.6. The largest absolute Gasteiger partial charge is 0.343 e. The van der Waals surface area contributed by atoms with Crippen LogP contribution in [0.5, 0.6) is 0 Å². The third-order valence-electron chi connectivity index (χ3n) is 3.77. The van der Waals surface area contributed by atoms with Crippen molar-refractivity contribution in [1.82, 2.24) is 10.3 Å². The quantitative estimate of drug-likeness (QED) is 0.906. The van der Waals surface area contributed by atoms with Gasteiger partial charge >= 0.3 is 0 Å². The van der Waals surface area contributed by atoms with Crippen molar-refractivity contribution in [2.75, 3.05) is 0 Å². The summed E-state index contributed by atoms with van der Waals surface area (Å²) in [7, 11) is 0. The van der Waals surface area contributed by atoms with E-state index in [1.807, 2.05) is 6.92 Å². The zero-order valence-electron chi connectivity index (χ0n) is 12.2. The molecule has 1 amide bonds. The van der Waals surface area contributed by atoms with Crippen molar-refractivity contribution < 1.29 is 9.18 Å². The Bertz CT molecular complexity index is 672. The number of nitrogens with zero attached hydrogens (tertiary/aromatic N) is 1. The molecule has 1 N–H and O–H groups in total. The maximum atomic E-state index is 13.8. The highest BCUT2D eigenvalue weighted by atomic mass is 35.5. The molecule has 2 aromatic rings. The molecule has 1 aliphatic rings. The van der Waals surface area contributed by atoms with Crippen LogP contribution in [0, 0.1) is 5.82 Å². The SMILES string of the molecule is CC(NC(=O)c1c(F)cccc1Cl)c1nc2c(s1)CCCC2. The normalized spacial score (nSPS) is 15.2. The number of rotatable bonds is 3. The molecule has 0 bridgehead atoms. The van der Waals surface area contributed by atoms with Crippen molar-refractivity contribution in [2.45, 2.75) is 38.6 Å². The van der Waals surface area contributed by atoms with Gasteiger partial charge in [0.1, 0.15) is 10.8 Å². The molecule has 6 heteroatoms. The van der Waals surface area contributed by atoms with E-state index in [-0.39, 0.29) is 16.6 Å². The van der Waals surface area contributed by atoms with Crippen molar-refractivity contribution in [3.8, 4) is 0 Å². The standard InChI is InChI=1S/C16H16ClFN2OS/c1-9(16-20-12-7-2-3-8-13(12)22-16)19-15(21)14-10(17)5-4-6-11(14)18/h4-6,9H,2-3,7-8H2,1H3,(H,19,21). The van der Waals surface area contributed by atoms with Gasteiger partial charge in [0, 0.05) is 4.88 Å². The van der Waals surface area contributed by atoms with Crippen LogP contribution in [0.15, 0.2) is 18.2 Å². The second-order valence-corrected chi connectivity index (χ2v) is 6.94. The number of nitrogens with one attached hydrogen (secondary N) is 1. The molecule has 0 saturated carbocycles. The van der Waals surface area contributed by atoms with Gasteiger partial charge < -0.3 is 5.32 Å². The minimum absolute atomic E-state index is 0.114. The Morgan fingerprint density at radius 3 is 2.91 bits per heavy atom. The van der Waals surface area contributed by atoms with E-state index in [1.165, 1.54) is 35.9 Å². The molecule has 3 nitrogen and oxygen atoms in total. The summed E-state index contributed by atoms with van der Waals surface area (Å²) in [5.74, 6) is -1.13. The van der Waals surface area contributed by atoms with E-state index in [9.17, 15) is 9.18 Å². The van der Waals surface area contributed by atoms with Gasteiger partial charge in [-0.1, -0.05) is 17.7 Å². The molecule has 116 valence electrons. The van der Waals surface area contributed by atoms with Crippen molar-refractivity contribution in [1.29, 1.82) is 0 Å². The predicted molar refractivity (Wildman–Crippen MR) is 86.0 cm³/mol. The van der Waals surface area contributed by atoms with Crippen LogP contribution in [0.4, 0.5) is 4.39 Å². The summed E-state index contributed by atoms with van der Waals surface area (Å²) in [6, 6.07) is 3.95. The second-order valence-electron chi connectivity index (χ2n) is 5.42. The minimum atomic E-state index is -0.615. The molecule has 1 unspecified atom stereocenters. The molecule has 1 heterocycles. The highest BCUT2D eigenvalue weighted by Gasteiger charge is 2.22. The monoisotopic (exact) mass is 338 g/mol. The summed E-state index contributed by atoms with van der Waals surface area (Å²) in [5, 5.41) is 3.77. The molecule has 3 rings (SSSR count). The summed E-state index contributed by atoms with van der Waals surface area (Å²) in [4.78, 5) is 18.2. The number of carbonyl (C=O) groups excluding carboxylic acids is 1. The predicted octanol–water partition coefficient (Wildman–Crippen LogP) is 4.31. The number of hydrogen-bond donors (Lipinski definition) is 1. The van der Waals surface area contributed by atoms with Crippen LogP contribution >= 0.6 is 22.9 Å². The molecule has 0 saturated heterocycles. The molecule has 22 heavy (non-hydrogen) atoms. The summed E-state index contributed by atoms with van der Waals surface area (Å²) in [5.41, 5.74) is 1.04. The number of halogens is 2. The van der Waals surface area contributed by atoms with Crippen molar-refractivity contribution in [3.63, 3.8) is 0 Å². The molecule has 0 fully saturated rings. The van der Waals surface area contributed by atoms with Gasteiger partial charge in [-0.25, -0.2) is 9.37 Å². The van der Waals surface area contributed by atoms with Crippen molar-refractivity contribution in [3.05, 3.63) is 50.2 Å². The van der Waals surface area contributed by atoms with Crippen LogP contribution in [0.1, 0.15) is 51.7 Å². The zero-order chi connectivity index (χ0) is 15.7. The summed E-state index contributed by atoms with van der Waals surface area (Å²) in [6.07, 6.45) is 4.43. The van der Waals surface area contributed by atoms with Crippen molar-refractivity contribution >= 4 is 28.8 Å². The zero-order valence-corrected chi connectivity index (χ0v) is 13.7. The maximum Gasteiger partial charge on any atom is 0.256 e. The molecular formula is C16H16ClFN2OS. The number of hydrogen-bond acceptors (Lipinski definition) is 3. The van der Waals surface area contributed by atoms with E-state index >= 15 is 0 Å².